The average molecular weight is 695 g/mol. The number of benzene rings is 4. The third-order valence-electron chi connectivity index (χ3n) is 9.03. The molecule has 0 saturated carbocycles. The standard InChI is InChI=1S/C34H24BrCl3N2O3/c1-18-15-24(35)25(36)17-26(18)39-30(41)27(16-19-9-3-2-4-10-19)40-31(42)28-29(32(40)43)34(38)21-12-6-5-11-20(21)33(28,37)22-13-7-8-14-23(22)34/h2-15,17,27-29H,16H2,1H3,(H,39,41)/t27-,28-,29+,33?,34?/m0/s1. The van der Waals surface area contributed by atoms with Gasteiger partial charge in [0.05, 0.1) is 16.9 Å². The molecule has 216 valence electrons. The normalized spacial score (nSPS) is 25.7. The number of alkyl halides is 2. The molecular formula is C34H24BrCl3N2O3. The first-order chi connectivity index (χ1) is 20.6. The number of nitrogens with zero attached hydrogens (tertiary/aromatic N) is 1. The van der Waals surface area contributed by atoms with Gasteiger partial charge in [0.25, 0.3) is 0 Å². The number of nitrogens with one attached hydrogen (secondary N) is 1. The Morgan fingerprint density at radius 3 is 1.79 bits per heavy atom. The number of aryl methyl sites for hydroxylation is 1. The highest BCUT2D eigenvalue weighted by Gasteiger charge is 2.73. The van der Waals surface area contributed by atoms with Crippen LogP contribution in [0.5, 0.6) is 0 Å². The molecule has 1 heterocycles. The zero-order chi connectivity index (χ0) is 30.3. The molecule has 3 atom stereocenters. The Bertz CT molecular complexity index is 1720. The predicted molar refractivity (Wildman–Crippen MR) is 171 cm³/mol. The fourth-order valence-corrected chi connectivity index (χ4v) is 8.85. The molecule has 1 fully saturated rings. The van der Waals surface area contributed by atoms with E-state index in [-0.39, 0.29) is 6.42 Å². The fraction of sp³-hybridized carbons (Fsp3) is 0.206. The minimum Gasteiger partial charge on any atom is -0.324 e. The lowest BCUT2D eigenvalue weighted by Crippen LogP contribution is -2.57. The Morgan fingerprint density at radius 1 is 0.837 bits per heavy atom. The van der Waals surface area contributed by atoms with Gasteiger partial charge >= 0.3 is 0 Å². The molecule has 0 spiro atoms. The van der Waals surface area contributed by atoms with Crippen LogP contribution < -0.4 is 5.32 Å². The Morgan fingerprint density at radius 2 is 1.30 bits per heavy atom. The number of imide groups is 1. The van der Waals surface area contributed by atoms with Crippen LogP contribution in [0.3, 0.4) is 0 Å². The molecule has 3 aliphatic carbocycles. The number of rotatable bonds is 5. The predicted octanol–water partition coefficient (Wildman–Crippen LogP) is 7.55. The third-order valence-corrected chi connectivity index (χ3v) is 11.5. The van der Waals surface area contributed by atoms with E-state index in [0.29, 0.717) is 37.4 Å². The van der Waals surface area contributed by atoms with Crippen molar-refractivity contribution in [1.29, 1.82) is 0 Å². The van der Waals surface area contributed by atoms with E-state index >= 15 is 0 Å². The van der Waals surface area contributed by atoms with Crippen molar-refractivity contribution in [3.05, 3.63) is 134 Å². The van der Waals surface area contributed by atoms with Crippen LogP contribution in [-0.4, -0.2) is 28.7 Å². The van der Waals surface area contributed by atoms with Gasteiger partial charge in [-0.25, -0.2) is 0 Å². The maximum atomic E-state index is 14.6. The first-order valence-electron chi connectivity index (χ1n) is 13.8. The average Bonchev–Trinajstić information content (AvgIpc) is 3.28. The zero-order valence-electron chi connectivity index (χ0n) is 22.8. The SMILES string of the molecule is Cc1cc(Br)c(Cl)cc1NC(=O)[C@H](Cc1ccccc1)N1C(=O)[C@@H]2[C@H](C1=O)C1(Cl)c3ccccc3C2(Cl)c2ccccc21. The van der Waals surface area contributed by atoms with Gasteiger partial charge in [0.2, 0.25) is 17.7 Å². The maximum Gasteiger partial charge on any atom is 0.248 e. The minimum absolute atomic E-state index is 0.109. The van der Waals surface area contributed by atoms with Gasteiger partial charge in [0.1, 0.15) is 15.8 Å². The third kappa shape index (κ3) is 4.00. The van der Waals surface area contributed by atoms with Crippen LogP contribution in [0, 0.1) is 18.8 Å². The van der Waals surface area contributed by atoms with Crippen molar-refractivity contribution < 1.29 is 14.4 Å². The summed E-state index contributed by atoms with van der Waals surface area (Å²) in [6, 6.07) is 26.5. The molecule has 9 heteroatoms. The highest BCUT2D eigenvalue weighted by molar-refractivity contribution is 9.10. The molecule has 1 N–H and O–H groups in total. The van der Waals surface area contributed by atoms with E-state index in [9.17, 15) is 14.4 Å². The van der Waals surface area contributed by atoms with Gasteiger partial charge in [-0.1, -0.05) is 90.5 Å². The number of carbonyl (C=O) groups excluding carboxylic acids is 3. The van der Waals surface area contributed by atoms with E-state index in [1.54, 1.807) is 12.1 Å². The van der Waals surface area contributed by atoms with Crippen molar-refractivity contribution in [1.82, 2.24) is 4.90 Å². The van der Waals surface area contributed by atoms with Crippen molar-refractivity contribution in [2.75, 3.05) is 5.32 Å². The topological polar surface area (TPSA) is 66.5 Å². The molecule has 43 heavy (non-hydrogen) atoms. The quantitative estimate of drug-likeness (QED) is 0.173. The van der Waals surface area contributed by atoms with Gasteiger partial charge < -0.3 is 5.32 Å². The molecule has 3 amide bonds. The number of hydrogen-bond donors (Lipinski definition) is 1. The van der Waals surface area contributed by atoms with E-state index in [1.807, 2.05) is 85.8 Å². The van der Waals surface area contributed by atoms with E-state index < -0.39 is 45.3 Å². The molecule has 0 aromatic heterocycles. The van der Waals surface area contributed by atoms with Crippen molar-refractivity contribution >= 4 is 74.1 Å². The van der Waals surface area contributed by atoms with E-state index in [4.69, 9.17) is 34.8 Å². The van der Waals surface area contributed by atoms with Crippen LogP contribution >= 0.6 is 50.7 Å². The van der Waals surface area contributed by atoms with Crippen LogP contribution in [0.4, 0.5) is 5.69 Å². The molecule has 1 aliphatic heterocycles. The number of anilines is 1. The first kappa shape index (κ1) is 28.6. The Balaban J connectivity index is 1.36. The van der Waals surface area contributed by atoms with Crippen molar-refractivity contribution in [3.63, 3.8) is 0 Å². The number of hydrogen-bond acceptors (Lipinski definition) is 3. The van der Waals surface area contributed by atoms with Crippen LogP contribution in [0.1, 0.15) is 33.4 Å². The maximum absolute atomic E-state index is 14.6. The van der Waals surface area contributed by atoms with Gasteiger partial charge in [-0.3, -0.25) is 19.3 Å². The van der Waals surface area contributed by atoms with Crippen molar-refractivity contribution in [3.8, 4) is 0 Å². The summed E-state index contributed by atoms with van der Waals surface area (Å²) >= 11 is 24.9. The van der Waals surface area contributed by atoms with E-state index in [0.717, 1.165) is 16.0 Å². The molecule has 5 nitrogen and oxygen atoms in total. The Labute approximate surface area is 272 Å². The zero-order valence-corrected chi connectivity index (χ0v) is 26.6. The Kier molecular flexibility index (Phi) is 6.78. The molecule has 8 rings (SSSR count). The summed E-state index contributed by atoms with van der Waals surface area (Å²) in [4.78, 5) is 41.8. The lowest BCUT2D eigenvalue weighted by molar-refractivity contribution is -0.146. The second kappa shape index (κ2) is 10.2. The van der Waals surface area contributed by atoms with Gasteiger partial charge in [0.15, 0.2) is 0 Å². The van der Waals surface area contributed by atoms with E-state index in [2.05, 4.69) is 21.2 Å². The number of amides is 3. The van der Waals surface area contributed by atoms with Crippen LogP contribution in [-0.2, 0) is 30.6 Å². The molecular weight excluding hydrogens is 671 g/mol. The second-order valence-electron chi connectivity index (χ2n) is 11.3. The molecule has 1 saturated heterocycles. The van der Waals surface area contributed by atoms with E-state index in [1.165, 1.54) is 0 Å². The molecule has 4 aromatic carbocycles. The fourth-order valence-electron chi connectivity index (χ4n) is 7.13. The molecule has 0 radical (unpaired) electrons. The summed E-state index contributed by atoms with van der Waals surface area (Å²) < 4.78 is 0.689. The summed E-state index contributed by atoms with van der Waals surface area (Å²) in [5.41, 5.74) is 4.86. The smallest absolute Gasteiger partial charge is 0.248 e. The lowest BCUT2D eigenvalue weighted by atomic mass is 9.54. The van der Waals surface area contributed by atoms with Crippen molar-refractivity contribution in [2.45, 2.75) is 29.1 Å². The highest BCUT2D eigenvalue weighted by atomic mass is 79.9. The first-order valence-corrected chi connectivity index (χ1v) is 15.8. The van der Waals surface area contributed by atoms with Crippen molar-refractivity contribution in [2.24, 2.45) is 11.8 Å². The Hall–Kier alpha value is -3.16. The highest BCUT2D eigenvalue weighted by Crippen LogP contribution is 2.69. The lowest BCUT2D eigenvalue weighted by Gasteiger charge is -2.54. The summed E-state index contributed by atoms with van der Waals surface area (Å²) in [5.74, 6) is -3.54. The van der Waals surface area contributed by atoms with Crippen LogP contribution in [0.2, 0.25) is 5.02 Å². The monoisotopic (exact) mass is 692 g/mol. The van der Waals surface area contributed by atoms with Gasteiger partial charge in [-0.2, -0.15) is 0 Å². The second-order valence-corrected chi connectivity index (χ2v) is 13.7. The van der Waals surface area contributed by atoms with Gasteiger partial charge in [0, 0.05) is 16.6 Å². The minimum atomic E-state index is -1.33. The largest absolute Gasteiger partial charge is 0.324 e. The summed E-state index contributed by atoms with van der Waals surface area (Å²) in [7, 11) is 0. The molecule has 4 aromatic rings. The van der Waals surface area contributed by atoms with Gasteiger partial charge in [-0.15, -0.1) is 23.2 Å². The number of carbonyl (C=O) groups is 3. The molecule has 0 unspecified atom stereocenters. The summed E-state index contributed by atoms with van der Waals surface area (Å²) in [6.45, 7) is 1.84. The summed E-state index contributed by atoms with van der Waals surface area (Å²) in [5, 5.41) is 3.35. The van der Waals surface area contributed by atoms with Crippen LogP contribution in [0.15, 0.2) is 95.5 Å². The van der Waals surface area contributed by atoms with Crippen LogP contribution in [0.25, 0.3) is 0 Å². The number of halogens is 4. The number of likely N-dealkylation sites (tertiary alicyclic amines) is 1. The summed E-state index contributed by atoms with van der Waals surface area (Å²) in [6.07, 6.45) is 0.109. The van der Waals surface area contributed by atoms with Gasteiger partial charge in [-0.05, 0) is 68.4 Å². The molecule has 2 bridgehead atoms. The molecule has 4 aliphatic rings.